The van der Waals surface area contributed by atoms with Crippen LogP contribution in [0, 0.1) is 5.82 Å². The van der Waals surface area contributed by atoms with Gasteiger partial charge in [0.05, 0.1) is 21.7 Å². The fraction of sp³-hybridized carbons (Fsp3) is 0.455. The van der Waals surface area contributed by atoms with Crippen LogP contribution in [-0.4, -0.2) is 17.3 Å². The maximum absolute atomic E-state index is 13.1. The lowest BCUT2D eigenvalue weighted by molar-refractivity contribution is 0.0552. The highest BCUT2D eigenvalue weighted by Crippen LogP contribution is 2.30. The molecule has 1 N–H and O–H groups in total. The minimum Gasteiger partial charge on any atom is -0.492 e. The monoisotopic (exact) mass is 310 g/mol. The highest BCUT2D eigenvalue weighted by Gasteiger charge is 2.13. The fourth-order valence-corrected chi connectivity index (χ4v) is 1.78. The van der Waals surface area contributed by atoms with E-state index in [4.69, 9.17) is 16.3 Å². The number of hydrogen-bond donors (Lipinski definition) is 1. The summed E-state index contributed by atoms with van der Waals surface area (Å²) in [6, 6.07) is 2.66. The van der Waals surface area contributed by atoms with E-state index < -0.39 is 11.4 Å². The van der Waals surface area contributed by atoms with E-state index in [2.05, 4.69) is 15.9 Å². The van der Waals surface area contributed by atoms with Crippen molar-refractivity contribution in [3.63, 3.8) is 0 Å². The molecule has 0 aliphatic rings. The van der Waals surface area contributed by atoms with Crippen molar-refractivity contribution >= 4 is 27.5 Å². The van der Waals surface area contributed by atoms with Gasteiger partial charge in [-0.2, -0.15) is 0 Å². The third kappa shape index (κ3) is 4.28. The molecular weight excluding hydrogens is 298 g/mol. The van der Waals surface area contributed by atoms with Gasteiger partial charge < -0.3 is 9.84 Å². The Morgan fingerprint density at radius 2 is 2.12 bits per heavy atom. The first-order valence-electron chi connectivity index (χ1n) is 4.79. The normalized spacial score (nSPS) is 11.6. The zero-order valence-electron chi connectivity index (χ0n) is 9.06. The molecule has 90 valence electrons. The molecule has 5 heteroatoms. The molecule has 1 rings (SSSR count). The summed E-state index contributed by atoms with van der Waals surface area (Å²) in [5.41, 5.74) is -0.794. The number of ether oxygens (including phenoxy) is 1. The first-order chi connectivity index (χ1) is 7.29. The summed E-state index contributed by atoms with van der Waals surface area (Å²) in [5.74, 6) is -0.144. The predicted molar refractivity (Wildman–Crippen MR) is 65.5 cm³/mol. The number of aliphatic hydroxyl groups is 1. The van der Waals surface area contributed by atoms with Crippen LogP contribution in [0.2, 0.25) is 5.02 Å². The topological polar surface area (TPSA) is 29.5 Å². The molecule has 0 aliphatic carbocycles. The molecule has 0 atom stereocenters. The van der Waals surface area contributed by atoms with Crippen LogP contribution in [0.5, 0.6) is 5.75 Å². The van der Waals surface area contributed by atoms with Crippen molar-refractivity contribution < 1.29 is 14.2 Å². The molecule has 16 heavy (non-hydrogen) atoms. The summed E-state index contributed by atoms with van der Waals surface area (Å²) in [6.07, 6.45) is 0.462. The zero-order valence-corrected chi connectivity index (χ0v) is 11.4. The van der Waals surface area contributed by atoms with E-state index in [-0.39, 0.29) is 5.02 Å². The van der Waals surface area contributed by atoms with Crippen molar-refractivity contribution in [2.45, 2.75) is 25.9 Å². The molecule has 0 bridgehead atoms. The van der Waals surface area contributed by atoms with Crippen LogP contribution in [0.1, 0.15) is 20.3 Å². The summed E-state index contributed by atoms with van der Waals surface area (Å²) >= 11 is 8.82. The summed E-state index contributed by atoms with van der Waals surface area (Å²) in [4.78, 5) is 0. The Labute approximate surface area is 108 Å². The van der Waals surface area contributed by atoms with Crippen LogP contribution in [0.15, 0.2) is 16.6 Å². The molecule has 0 amide bonds. The molecule has 0 saturated carbocycles. The fourth-order valence-electron chi connectivity index (χ4n) is 1.03. The largest absolute Gasteiger partial charge is 0.492 e. The van der Waals surface area contributed by atoms with Gasteiger partial charge in [0.2, 0.25) is 0 Å². The van der Waals surface area contributed by atoms with Gasteiger partial charge in [-0.05, 0) is 35.8 Å². The van der Waals surface area contributed by atoms with Crippen LogP contribution in [0.4, 0.5) is 4.39 Å². The molecule has 0 radical (unpaired) electrons. The average Bonchev–Trinajstić information content (AvgIpc) is 2.11. The lowest BCUT2D eigenvalue weighted by Crippen LogP contribution is -2.21. The quantitative estimate of drug-likeness (QED) is 0.858. The van der Waals surface area contributed by atoms with Gasteiger partial charge in [0.15, 0.2) is 0 Å². The Morgan fingerprint density at radius 3 is 2.69 bits per heavy atom. The summed E-state index contributed by atoms with van der Waals surface area (Å²) in [5, 5.41) is 9.52. The number of hydrogen-bond acceptors (Lipinski definition) is 2. The molecular formula is C11H13BrClFO2. The Bertz CT molecular complexity index is 377. The van der Waals surface area contributed by atoms with Crippen molar-refractivity contribution in [1.29, 1.82) is 0 Å². The lowest BCUT2D eigenvalue weighted by Gasteiger charge is -2.17. The van der Waals surface area contributed by atoms with Gasteiger partial charge in [0.1, 0.15) is 11.6 Å². The molecule has 0 unspecified atom stereocenters. The van der Waals surface area contributed by atoms with Crippen molar-refractivity contribution in [1.82, 2.24) is 0 Å². The zero-order chi connectivity index (χ0) is 12.3. The highest BCUT2D eigenvalue weighted by molar-refractivity contribution is 9.10. The smallest absolute Gasteiger partial charge is 0.145 e. The van der Waals surface area contributed by atoms with E-state index in [1.165, 1.54) is 12.1 Å². The van der Waals surface area contributed by atoms with Gasteiger partial charge >= 0.3 is 0 Å². The SMILES string of the molecule is CC(C)(O)CCOc1cc(F)c(Cl)cc1Br. The summed E-state index contributed by atoms with van der Waals surface area (Å²) in [7, 11) is 0. The number of halogens is 3. The molecule has 0 spiro atoms. The van der Waals surface area contributed by atoms with E-state index in [0.717, 1.165) is 0 Å². The van der Waals surface area contributed by atoms with E-state index in [1.807, 2.05) is 0 Å². The molecule has 0 heterocycles. The number of benzene rings is 1. The van der Waals surface area contributed by atoms with Crippen LogP contribution in [0.3, 0.4) is 0 Å². The second kappa shape index (κ2) is 5.34. The molecule has 0 aromatic heterocycles. The molecule has 0 fully saturated rings. The maximum Gasteiger partial charge on any atom is 0.145 e. The average molecular weight is 312 g/mol. The summed E-state index contributed by atoms with van der Waals surface area (Å²) < 4.78 is 19.1. The second-order valence-electron chi connectivity index (χ2n) is 4.11. The van der Waals surface area contributed by atoms with E-state index >= 15 is 0 Å². The standard InChI is InChI=1S/C11H13BrClFO2/c1-11(2,15)3-4-16-10-6-9(14)8(13)5-7(10)12/h5-6,15H,3-4H2,1-2H3. The van der Waals surface area contributed by atoms with Gasteiger partial charge in [-0.15, -0.1) is 0 Å². The lowest BCUT2D eigenvalue weighted by atomic mass is 10.1. The Hall–Kier alpha value is -0.320. The summed E-state index contributed by atoms with van der Waals surface area (Å²) in [6.45, 7) is 3.69. The molecule has 2 nitrogen and oxygen atoms in total. The van der Waals surface area contributed by atoms with Crippen molar-refractivity contribution in [3.05, 3.63) is 27.4 Å². The molecule has 0 aliphatic heterocycles. The van der Waals surface area contributed by atoms with Crippen molar-refractivity contribution in [3.8, 4) is 5.75 Å². The Balaban J connectivity index is 2.64. The molecule has 1 aromatic rings. The highest BCUT2D eigenvalue weighted by atomic mass is 79.9. The van der Waals surface area contributed by atoms with Gasteiger partial charge in [-0.1, -0.05) is 11.6 Å². The molecule has 1 aromatic carbocycles. The van der Waals surface area contributed by atoms with Crippen LogP contribution in [0.25, 0.3) is 0 Å². The predicted octanol–water partition coefficient (Wildman–Crippen LogP) is 3.78. The van der Waals surface area contributed by atoms with Crippen molar-refractivity contribution in [2.24, 2.45) is 0 Å². The van der Waals surface area contributed by atoms with E-state index in [9.17, 15) is 9.50 Å². The first kappa shape index (κ1) is 13.7. The van der Waals surface area contributed by atoms with E-state index in [0.29, 0.717) is 23.2 Å². The van der Waals surface area contributed by atoms with Gasteiger partial charge in [0.25, 0.3) is 0 Å². The second-order valence-corrected chi connectivity index (χ2v) is 5.37. The van der Waals surface area contributed by atoms with Crippen LogP contribution in [-0.2, 0) is 0 Å². The van der Waals surface area contributed by atoms with Gasteiger partial charge in [-0.25, -0.2) is 4.39 Å². The Kier molecular flexibility index (Phi) is 4.59. The maximum atomic E-state index is 13.1. The molecule has 0 saturated heterocycles. The van der Waals surface area contributed by atoms with Crippen LogP contribution < -0.4 is 4.74 Å². The first-order valence-corrected chi connectivity index (χ1v) is 5.96. The third-order valence-corrected chi connectivity index (χ3v) is 2.86. The van der Waals surface area contributed by atoms with E-state index in [1.54, 1.807) is 13.8 Å². The van der Waals surface area contributed by atoms with Crippen LogP contribution >= 0.6 is 27.5 Å². The minimum absolute atomic E-state index is 0.0433. The number of rotatable bonds is 4. The third-order valence-electron chi connectivity index (χ3n) is 1.95. The minimum atomic E-state index is -0.794. The Morgan fingerprint density at radius 1 is 1.50 bits per heavy atom. The van der Waals surface area contributed by atoms with Crippen molar-refractivity contribution in [2.75, 3.05) is 6.61 Å². The van der Waals surface area contributed by atoms with Gasteiger partial charge in [0, 0.05) is 12.5 Å². The van der Waals surface area contributed by atoms with Gasteiger partial charge in [-0.3, -0.25) is 0 Å².